The molecule has 0 amide bonds. The molecule has 6 nitrogen and oxygen atoms in total. The Kier molecular flexibility index (Phi) is 6.06. The highest BCUT2D eigenvalue weighted by atomic mass is 79.9. The zero-order valence-corrected chi connectivity index (χ0v) is 17.0. The molecule has 0 fully saturated rings. The molecule has 1 aromatic carbocycles. The van der Waals surface area contributed by atoms with Crippen LogP contribution in [0.3, 0.4) is 0 Å². The lowest BCUT2D eigenvalue weighted by Gasteiger charge is -2.02. The topological polar surface area (TPSA) is 84.0 Å². The second kappa shape index (κ2) is 8.31. The predicted molar refractivity (Wildman–Crippen MR) is 104 cm³/mol. The fraction of sp³-hybridized carbons (Fsp3) is 0.235. The van der Waals surface area contributed by atoms with Crippen LogP contribution >= 0.6 is 27.3 Å². The van der Waals surface area contributed by atoms with E-state index in [0.717, 1.165) is 20.1 Å². The molecule has 1 aliphatic heterocycles. The maximum atomic E-state index is 12.7. The first-order chi connectivity index (χ1) is 12.9. The number of nitriles is 1. The molecule has 3 aromatic rings. The summed E-state index contributed by atoms with van der Waals surface area (Å²) in [6, 6.07) is 6.27. The highest BCUT2D eigenvalue weighted by Crippen LogP contribution is 2.24. The summed E-state index contributed by atoms with van der Waals surface area (Å²) in [5.74, 6) is -0.293. The third kappa shape index (κ3) is 4.62. The normalized spacial score (nSPS) is 15.1. The van der Waals surface area contributed by atoms with E-state index in [1.807, 2.05) is 17.6 Å². The van der Waals surface area contributed by atoms with Crippen molar-refractivity contribution in [3.8, 4) is 6.07 Å². The minimum Gasteiger partial charge on any atom is -0.423 e. The van der Waals surface area contributed by atoms with Crippen LogP contribution in [-0.2, 0) is 11.2 Å². The van der Waals surface area contributed by atoms with E-state index in [1.54, 1.807) is 36.9 Å². The van der Waals surface area contributed by atoms with Gasteiger partial charge in [-0.15, -0.1) is 11.3 Å². The lowest BCUT2D eigenvalue weighted by atomic mass is 9.79. The van der Waals surface area contributed by atoms with E-state index < -0.39 is 7.12 Å². The number of aryl methyl sites for hydroxylation is 1. The standard InChI is InChI=1S/C9H7BrN4S.C8H8BFO2/c1-6-13-9(10)8(15-6)4-14-3-7(2-11)12-5-14;1-5-7-4-6(10)2-3-8(7)9(11)12-5/h3,5H,4H2,1H3;2-5,11H,1H3. The molecule has 1 unspecified atom stereocenters. The summed E-state index contributed by atoms with van der Waals surface area (Å²) in [7, 11) is -0.893. The summed E-state index contributed by atoms with van der Waals surface area (Å²) < 4.78 is 20.5. The van der Waals surface area contributed by atoms with Crippen LogP contribution in [0.5, 0.6) is 0 Å². The summed E-state index contributed by atoms with van der Waals surface area (Å²) in [4.78, 5) is 9.34. The molecule has 0 aliphatic carbocycles. The maximum Gasteiger partial charge on any atom is 0.491 e. The molecule has 1 aliphatic rings. The van der Waals surface area contributed by atoms with E-state index in [1.165, 1.54) is 12.1 Å². The van der Waals surface area contributed by atoms with E-state index in [4.69, 9.17) is 9.92 Å². The van der Waals surface area contributed by atoms with Crippen molar-refractivity contribution in [2.45, 2.75) is 26.5 Å². The monoisotopic (exact) mass is 448 g/mol. The third-order valence-electron chi connectivity index (χ3n) is 3.92. The first kappa shape index (κ1) is 19.7. The van der Waals surface area contributed by atoms with Gasteiger partial charge in [0.05, 0.1) is 28.9 Å². The summed E-state index contributed by atoms with van der Waals surface area (Å²) in [5, 5.41) is 19.0. The quantitative estimate of drug-likeness (QED) is 0.609. The SMILES string of the molecule is CC1OB(O)c2ccc(F)cc21.Cc1nc(Br)c(Cn2cnc(C#N)c2)s1. The Morgan fingerprint density at radius 2 is 2.30 bits per heavy atom. The van der Waals surface area contributed by atoms with Gasteiger partial charge in [0.1, 0.15) is 16.5 Å². The first-order valence-corrected chi connectivity index (χ1v) is 9.65. The highest BCUT2D eigenvalue weighted by molar-refractivity contribution is 9.10. The van der Waals surface area contributed by atoms with Crippen molar-refractivity contribution in [1.29, 1.82) is 5.26 Å². The van der Waals surface area contributed by atoms with Crippen LogP contribution in [0.4, 0.5) is 4.39 Å². The van der Waals surface area contributed by atoms with Gasteiger partial charge in [-0.2, -0.15) is 5.26 Å². The van der Waals surface area contributed by atoms with Crippen LogP contribution in [0.2, 0.25) is 0 Å². The number of aromatic nitrogens is 3. The molecule has 1 N–H and O–H groups in total. The van der Waals surface area contributed by atoms with Crippen molar-refractivity contribution in [3.63, 3.8) is 0 Å². The molecule has 27 heavy (non-hydrogen) atoms. The fourth-order valence-electron chi connectivity index (χ4n) is 2.67. The number of hydrogen-bond acceptors (Lipinski definition) is 6. The van der Waals surface area contributed by atoms with Gasteiger partial charge < -0.3 is 14.2 Å². The Morgan fingerprint density at radius 1 is 1.52 bits per heavy atom. The van der Waals surface area contributed by atoms with Crippen LogP contribution in [0.25, 0.3) is 0 Å². The fourth-order valence-corrected chi connectivity index (χ4v) is 4.26. The summed E-state index contributed by atoms with van der Waals surface area (Å²) in [6.45, 7) is 4.45. The Bertz CT molecular complexity index is 1000. The Morgan fingerprint density at radius 3 is 2.93 bits per heavy atom. The Hall–Kier alpha value is -2.06. The summed E-state index contributed by atoms with van der Waals surface area (Å²) >= 11 is 5.04. The van der Waals surface area contributed by atoms with Crippen LogP contribution in [0, 0.1) is 24.1 Å². The van der Waals surface area contributed by atoms with Crippen molar-refractivity contribution in [1.82, 2.24) is 14.5 Å². The smallest absolute Gasteiger partial charge is 0.423 e. The van der Waals surface area contributed by atoms with Gasteiger partial charge in [-0.3, -0.25) is 0 Å². The van der Waals surface area contributed by atoms with Gasteiger partial charge in [0, 0.05) is 6.20 Å². The summed E-state index contributed by atoms with van der Waals surface area (Å²) in [5.41, 5.74) is 1.85. The number of hydrogen-bond donors (Lipinski definition) is 1. The van der Waals surface area contributed by atoms with E-state index >= 15 is 0 Å². The van der Waals surface area contributed by atoms with Crippen LogP contribution in [0.1, 0.15) is 34.2 Å². The average molecular weight is 449 g/mol. The van der Waals surface area contributed by atoms with Crippen molar-refractivity contribution < 1.29 is 14.1 Å². The lowest BCUT2D eigenvalue weighted by Crippen LogP contribution is -2.27. The molecular weight excluding hydrogens is 434 g/mol. The van der Waals surface area contributed by atoms with Crippen LogP contribution in [-0.4, -0.2) is 26.7 Å². The average Bonchev–Trinajstić information content (AvgIpc) is 3.28. The van der Waals surface area contributed by atoms with E-state index in [-0.39, 0.29) is 11.9 Å². The van der Waals surface area contributed by atoms with E-state index in [2.05, 4.69) is 25.9 Å². The molecule has 3 heterocycles. The number of imidazole rings is 1. The third-order valence-corrected chi connectivity index (χ3v) is 5.79. The minimum absolute atomic E-state index is 0.217. The highest BCUT2D eigenvalue weighted by Gasteiger charge is 2.32. The van der Waals surface area contributed by atoms with Crippen LogP contribution in [0.15, 0.2) is 35.3 Å². The molecule has 10 heteroatoms. The predicted octanol–water partition coefficient (Wildman–Crippen LogP) is 2.93. The molecular formula is C17H15BBrFN4O2S. The number of nitrogens with zero attached hydrogens (tertiary/aromatic N) is 4. The van der Waals surface area contributed by atoms with Crippen molar-refractivity contribution >= 4 is 39.8 Å². The molecule has 0 bridgehead atoms. The second-order valence-electron chi connectivity index (χ2n) is 5.89. The summed E-state index contributed by atoms with van der Waals surface area (Å²) in [6.07, 6.45) is 3.16. The van der Waals surface area contributed by atoms with Gasteiger partial charge in [-0.25, -0.2) is 14.4 Å². The zero-order chi connectivity index (χ0) is 19.6. The molecule has 138 valence electrons. The number of benzene rings is 1. The zero-order valence-electron chi connectivity index (χ0n) is 14.6. The van der Waals surface area contributed by atoms with E-state index in [0.29, 0.717) is 17.7 Å². The van der Waals surface area contributed by atoms with Gasteiger partial charge in [0.2, 0.25) is 0 Å². The maximum absolute atomic E-state index is 12.7. The Balaban J connectivity index is 0.000000159. The van der Waals surface area contributed by atoms with Gasteiger partial charge in [-0.05, 0) is 52.9 Å². The van der Waals surface area contributed by atoms with Crippen molar-refractivity contribution in [2.75, 3.05) is 0 Å². The molecule has 0 radical (unpaired) electrons. The van der Waals surface area contributed by atoms with Crippen molar-refractivity contribution in [2.24, 2.45) is 0 Å². The molecule has 0 saturated heterocycles. The molecule has 4 rings (SSSR count). The largest absolute Gasteiger partial charge is 0.491 e. The van der Waals surface area contributed by atoms with Crippen LogP contribution < -0.4 is 5.46 Å². The number of rotatable bonds is 2. The second-order valence-corrected chi connectivity index (χ2v) is 7.93. The van der Waals surface area contributed by atoms with Gasteiger partial charge in [0.25, 0.3) is 0 Å². The van der Waals surface area contributed by atoms with E-state index in [9.17, 15) is 9.41 Å². The van der Waals surface area contributed by atoms with Gasteiger partial charge >= 0.3 is 7.12 Å². The van der Waals surface area contributed by atoms with Gasteiger partial charge in [0.15, 0.2) is 5.69 Å². The number of halogens is 2. The molecule has 0 spiro atoms. The lowest BCUT2D eigenvalue weighted by molar-refractivity contribution is 0.208. The molecule has 0 saturated carbocycles. The first-order valence-electron chi connectivity index (χ1n) is 8.04. The molecule has 2 aromatic heterocycles. The molecule has 1 atom stereocenters. The number of thiazole rings is 1. The number of fused-ring (bicyclic) bond motifs is 1. The van der Waals surface area contributed by atoms with Crippen molar-refractivity contribution in [3.05, 3.63) is 62.3 Å². The minimum atomic E-state index is -0.893. The van der Waals surface area contributed by atoms with Gasteiger partial charge in [-0.1, -0.05) is 6.07 Å². The Labute approximate surface area is 168 Å².